The van der Waals surface area contributed by atoms with Crippen LogP contribution < -0.4 is 11.1 Å². The van der Waals surface area contributed by atoms with E-state index in [0.717, 1.165) is 24.7 Å². The molecule has 0 saturated carbocycles. The Labute approximate surface area is 94.5 Å². The minimum Gasteiger partial charge on any atom is -0.382 e. The summed E-state index contributed by atoms with van der Waals surface area (Å²) in [6.45, 7) is 6.01. The van der Waals surface area contributed by atoms with Crippen LogP contribution >= 0.6 is 0 Å². The lowest BCUT2D eigenvalue weighted by atomic mass is 10.3. The van der Waals surface area contributed by atoms with Gasteiger partial charge in [-0.2, -0.15) is 0 Å². The summed E-state index contributed by atoms with van der Waals surface area (Å²) in [6, 6.07) is 0. The fourth-order valence-corrected chi connectivity index (χ4v) is 1.78. The van der Waals surface area contributed by atoms with E-state index >= 15 is 0 Å². The predicted octanol–water partition coefficient (Wildman–Crippen LogP) is 0.396. The predicted molar refractivity (Wildman–Crippen MR) is 62.5 cm³/mol. The number of nitrogens with one attached hydrogen (secondary N) is 1. The van der Waals surface area contributed by atoms with Crippen LogP contribution in [0.4, 0.5) is 5.82 Å². The van der Waals surface area contributed by atoms with E-state index < -0.39 is 0 Å². The van der Waals surface area contributed by atoms with Crippen molar-refractivity contribution in [2.45, 2.75) is 26.5 Å². The number of hydrogen-bond acceptors (Lipinski definition) is 5. The molecule has 1 aromatic heterocycles. The average molecular weight is 223 g/mol. The van der Waals surface area contributed by atoms with Crippen molar-refractivity contribution in [3.8, 4) is 0 Å². The number of fused-ring (bicyclic) bond motifs is 1. The molecular weight excluding hydrogens is 206 g/mol. The highest BCUT2D eigenvalue weighted by molar-refractivity contribution is 6.01. The Morgan fingerprint density at radius 2 is 2.50 bits per heavy atom. The molecule has 0 aliphatic carbocycles. The zero-order valence-corrected chi connectivity index (χ0v) is 9.60. The minimum absolute atomic E-state index is 0.158. The van der Waals surface area contributed by atoms with E-state index in [9.17, 15) is 0 Å². The molecule has 16 heavy (non-hydrogen) atoms. The van der Waals surface area contributed by atoms with Crippen LogP contribution in [0.5, 0.6) is 0 Å². The zero-order valence-electron chi connectivity index (χ0n) is 9.60. The topological polar surface area (TPSA) is 77.5 Å². The molecule has 0 saturated heterocycles. The molecule has 0 amide bonds. The standard InChI is InChI=1S/C10H17N5O/c1-3-16-7(2)4-15-6-14-8-9(11)12-5-13-10(8)15/h6-7,13H,3-5H2,1-2H3,(H2,11,12)/t7-/m1/s1. The van der Waals surface area contributed by atoms with Crippen molar-refractivity contribution >= 4 is 11.7 Å². The summed E-state index contributed by atoms with van der Waals surface area (Å²) >= 11 is 0. The summed E-state index contributed by atoms with van der Waals surface area (Å²) in [5, 5.41) is 3.17. The van der Waals surface area contributed by atoms with Crippen molar-refractivity contribution in [3.05, 3.63) is 12.0 Å². The van der Waals surface area contributed by atoms with Gasteiger partial charge in [-0.1, -0.05) is 0 Å². The summed E-state index contributed by atoms with van der Waals surface area (Å²) in [5.74, 6) is 1.43. The maximum absolute atomic E-state index is 5.75. The molecular formula is C10H17N5O. The van der Waals surface area contributed by atoms with Gasteiger partial charge >= 0.3 is 0 Å². The number of anilines is 1. The third-order valence-corrected chi connectivity index (χ3v) is 2.48. The maximum Gasteiger partial charge on any atom is 0.150 e. The highest BCUT2D eigenvalue weighted by atomic mass is 16.5. The molecule has 0 spiro atoms. The second-order valence-electron chi connectivity index (χ2n) is 3.74. The van der Waals surface area contributed by atoms with Gasteiger partial charge in [-0.15, -0.1) is 0 Å². The van der Waals surface area contributed by atoms with Crippen molar-refractivity contribution < 1.29 is 4.74 Å². The number of hydrogen-bond donors (Lipinski definition) is 2. The van der Waals surface area contributed by atoms with Crippen LogP contribution in [0.15, 0.2) is 11.3 Å². The molecule has 2 rings (SSSR count). The molecule has 3 N–H and O–H groups in total. The van der Waals surface area contributed by atoms with Crippen molar-refractivity contribution in [3.63, 3.8) is 0 Å². The number of nitrogens with zero attached hydrogens (tertiary/aromatic N) is 3. The first-order chi connectivity index (χ1) is 7.72. The van der Waals surface area contributed by atoms with Gasteiger partial charge in [0.2, 0.25) is 0 Å². The molecule has 0 bridgehead atoms. The Morgan fingerprint density at radius 1 is 1.69 bits per heavy atom. The quantitative estimate of drug-likeness (QED) is 0.774. The summed E-state index contributed by atoms with van der Waals surface area (Å²) in [4.78, 5) is 8.32. The molecule has 1 aromatic rings. The molecule has 0 unspecified atom stereocenters. The molecule has 0 aromatic carbocycles. The fraction of sp³-hybridized carbons (Fsp3) is 0.600. The monoisotopic (exact) mass is 223 g/mol. The number of aliphatic imine (C=N–C) groups is 1. The molecule has 0 fully saturated rings. The largest absolute Gasteiger partial charge is 0.382 e. The zero-order chi connectivity index (χ0) is 11.5. The molecule has 6 nitrogen and oxygen atoms in total. The first-order valence-corrected chi connectivity index (χ1v) is 5.43. The summed E-state index contributed by atoms with van der Waals surface area (Å²) < 4.78 is 7.51. The Bertz CT molecular complexity index is 398. The first kappa shape index (κ1) is 10.9. The molecule has 6 heteroatoms. The van der Waals surface area contributed by atoms with E-state index in [4.69, 9.17) is 10.5 Å². The van der Waals surface area contributed by atoms with Crippen LogP contribution in [0.1, 0.15) is 19.5 Å². The van der Waals surface area contributed by atoms with Gasteiger partial charge in [-0.25, -0.2) is 9.98 Å². The van der Waals surface area contributed by atoms with Gasteiger partial charge in [-0.05, 0) is 13.8 Å². The van der Waals surface area contributed by atoms with Gasteiger partial charge in [0.05, 0.1) is 19.0 Å². The van der Waals surface area contributed by atoms with E-state index in [1.807, 2.05) is 18.4 Å². The highest BCUT2D eigenvalue weighted by Crippen LogP contribution is 2.18. The van der Waals surface area contributed by atoms with Crippen molar-refractivity contribution in [1.82, 2.24) is 9.55 Å². The normalized spacial score (nSPS) is 16.2. The molecule has 2 heterocycles. The van der Waals surface area contributed by atoms with E-state index in [2.05, 4.69) is 15.3 Å². The number of amidine groups is 1. The minimum atomic E-state index is 0.158. The van der Waals surface area contributed by atoms with Crippen molar-refractivity contribution in [1.29, 1.82) is 0 Å². The lowest BCUT2D eigenvalue weighted by molar-refractivity contribution is 0.0644. The van der Waals surface area contributed by atoms with Crippen molar-refractivity contribution in [2.75, 3.05) is 18.6 Å². The van der Waals surface area contributed by atoms with Crippen LogP contribution in [0, 0.1) is 0 Å². The molecule has 1 aliphatic rings. The highest BCUT2D eigenvalue weighted by Gasteiger charge is 2.18. The Hall–Kier alpha value is -1.56. The fourth-order valence-electron chi connectivity index (χ4n) is 1.78. The molecule has 0 radical (unpaired) electrons. The SMILES string of the molecule is CCO[C@H](C)Cn1cnc2c1NCN=C2N. The molecule has 88 valence electrons. The number of aromatic nitrogens is 2. The maximum atomic E-state index is 5.75. The van der Waals surface area contributed by atoms with Crippen LogP contribution in [0.2, 0.25) is 0 Å². The second kappa shape index (κ2) is 4.52. The van der Waals surface area contributed by atoms with Gasteiger partial charge in [0.15, 0.2) is 0 Å². The Balaban J connectivity index is 2.15. The second-order valence-corrected chi connectivity index (χ2v) is 3.74. The number of imidazole rings is 1. The van der Waals surface area contributed by atoms with Crippen LogP contribution in [0.3, 0.4) is 0 Å². The van der Waals surface area contributed by atoms with Gasteiger partial charge in [0, 0.05) is 6.61 Å². The Kier molecular flexibility index (Phi) is 3.09. The van der Waals surface area contributed by atoms with E-state index in [0.29, 0.717) is 12.5 Å². The Morgan fingerprint density at radius 3 is 3.25 bits per heavy atom. The van der Waals surface area contributed by atoms with E-state index in [-0.39, 0.29) is 6.10 Å². The smallest absolute Gasteiger partial charge is 0.150 e. The number of rotatable bonds is 4. The molecule has 1 aliphatic heterocycles. The van der Waals surface area contributed by atoms with Gasteiger partial charge in [0.25, 0.3) is 0 Å². The summed E-state index contributed by atoms with van der Waals surface area (Å²) in [6.07, 6.45) is 1.92. The number of nitrogens with two attached hydrogens (primary N) is 1. The van der Waals surface area contributed by atoms with Crippen LogP contribution in [-0.2, 0) is 11.3 Å². The van der Waals surface area contributed by atoms with E-state index in [1.165, 1.54) is 0 Å². The van der Waals surface area contributed by atoms with Gasteiger partial charge < -0.3 is 20.4 Å². The third-order valence-electron chi connectivity index (χ3n) is 2.48. The number of ether oxygens (including phenoxy) is 1. The lowest BCUT2D eigenvalue weighted by Gasteiger charge is -2.17. The van der Waals surface area contributed by atoms with Crippen LogP contribution in [-0.4, -0.2) is 34.8 Å². The third kappa shape index (κ3) is 2.01. The van der Waals surface area contributed by atoms with E-state index in [1.54, 1.807) is 6.33 Å². The first-order valence-electron chi connectivity index (χ1n) is 5.43. The van der Waals surface area contributed by atoms with Gasteiger partial charge in [0.1, 0.15) is 24.0 Å². The summed E-state index contributed by atoms with van der Waals surface area (Å²) in [7, 11) is 0. The lowest BCUT2D eigenvalue weighted by Crippen LogP contribution is -2.25. The molecule has 1 atom stereocenters. The average Bonchev–Trinajstić information content (AvgIpc) is 2.64. The van der Waals surface area contributed by atoms with Gasteiger partial charge in [-0.3, -0.25) is 0 Å². The summed E-state index contributed by atoms with van der Waals surface area (Å²) in [5.41, 5.74) is 6.48. The van der Waals surface area contributed by atoms with Crippen LogP contribution in [0.25, 0.3) is 0 Å². The van der Waals surface area contributed by atoms with Crippen molar-refractivity contribution in [2.24, 2.45) is 10.7 Å².